The predicted molar refractivity (Wildman–Crippen MR) is 54.9 cm³/mol. The summed E-state index contributed by atoms with van der Waals surface area (Å²) in [4.78, 5) is 10.5. The second kappa shape index (κ2) is 4.09. The van der Waals surface area contributed by atoms with Crippen molar-refractivity contribution >= 4 is 21.9 Å². The number of carboxylic acids is 1. The van der Waals surface area contributed by atoms with E-state index in [0.29, 0.717) is 15.6 Å². The van der Waals surface area contributed by atoms with E-state index in [-0.39, 0.29) is 12.2 Å². The van der Waals surface area contributed by atoms with Gasteiger partial charge in [-0.3, -0.25) is 4.79 Å². The zero-order valence-corrected chi connectivity index (χ0v) is 9.48. The van der Waals surface area contributed by atoms with Gasteiger partial charge in [0.25, 0.3) is 0 Å². The number of hydrogen-bond acceptors (Lipinski definition) is 1. The van der Waals surface area contributed by atoms with Crippen LogP contribution in [0.5, 0.6) is 0 Å². The van der Waals surface area contributed by atoms with E-state index in [0.717, 1.165) is 5.56 Å². The minimum atomic E-state index is -0.955. The van der Waals surface area contributed by atoms with Crippen molar-refractivity contribution in [1.82, 2.24) is 0 Å². The molecule has 1 N–H and O–H groups in total. The van der Waals surface area contributed by atoms with Crippen molar-refractivity contribution in [2.75, 3.05) is 0 Å². The third-order valence-corrected chi connectivity index (χ3v) is 3.33. The topological polar surface area (TPSA) is 37.3 Å². The average molecular weight is 261 g/mol. The lowest BCUT2D eigenvalue weighted by atomic mass is 10.0. The van der Waals surface area contributed by atoms with Crippen LogP contribution in [0.3, 0.4) is 0 Å². The summed E-state index contributed by atoms with van der Waals surface area (Å²) in [7, 11) is 0. The Balaban J connectivity index is 3.25. The van der Waals surface area contributed by atoms with E-state index >= 15 is 0 Å². The summed E-state index contributed by atoms with van der Waals surface area (Å²) in [5.74, 6) is -1.33. The first kappa shape index (κ1) is 11.2. The van der Waals surface area contributed by atoms with Crippen molar-refractivity contribution in [3.05, 3.63) is 33.0 Å². The van der Waals surface area contributed by atoms with Gasteiger partial charge in [0.2, 0.25) is 0 Å². The van der Waals surface area contributed by atoms with E-state index in [1.165, 1.54) is 6.07 Å². The highest BCUT2D eigenvalue weighted by Gasteiger charge is 2.12. The van der Waals surface area contributed by atoms with Gasteiger partial charge in [0.05, 0.1) is 6.42 Å². The van der Waals surface area contributed by atoms with Crippen molar-refractivity contribution < 1.29 is 14.3 Å². The Morgan fingerprint density at radius 2 is 2.07 bits per heavy atom. The molecule has 1 aromatic rings. The highest BCUT2D eigenvalue weighted by Crippen LogP contribution is 2.26. The van der Waals surface area contributed by atoms with Gasteiger partial charge < -0.3 is 5.11 Å². The maximum absolute atomic E-state index is 13.2. The van der Waals surface area contributed by atoms with Gasteiger partial charge in [-0.1, -0.05) is 15.9 Å². The molecule has 14 heavy (non-hydrogen) atoms. The number of hydrogen-bond donors (Lipinski definition) is 1. The first-order chi connectivity index (χ1) is 6.43. The first-order valence-electron chi connectivity index (χ1n) is 4.09. The van der Waals surface area contributed by atoms with Crippen LogP contribution in [0, 0.1) is 19.7 Å². The third kappa shape index (κ3) is 2.12. The van der Waals surface area contributed by atoms with Gasteiger partial charge in [-0.15, -0.1) is 0 Å². The van der Waals surface area contributed by atoms with Crippen molar-refractivity contribution in [2.24, 2.45) is 0 Å². The highest BCUT2D eigenvalue weighted by molar-refractivity contribution is 9.10. The quantitative estimate of drug-likeness (QED) is 0.888. The van der Waals surface area contributed by atoms with Crippen molar-refractivity contribution in [2.45, 2.75) is 20.3 Å². The minimum absolute atomic E-state index is 0.151. The number of aliphatic carboxylic acids is 1. The van der Waals surface area contributed by atoms with Gasteiger partial charge >= 0.3 is 5.97 Å². The predicted octanol–water partition coefficient (Wildman–Crippen LogP) is 2.83. The lowest BCUT2D eigenvalue weighted by Gasteiger charge is -2.09. The fourth-order valence-electron chi connectivity index (χ4n) is 1.24. The molecule has 0 fully saturated rings. The monoisotopic (exact) mass is 260 g/mol. The van der Waals surface area contributed by atoms with E-state index < -0.39 is 5.97 Å². The summed E-state index contributed by atoms with van der Waals surface area (Å²) in [6, 6.07) is 1.28. The molecular weight excluding hydrogens is 251 g/mol. The van der Waals surface area contributed by atoms with Crippen LogP contribution in [0.2, 0.25) is 0 Å². The molecule has 2 nitrogen and oxygen atoms in total. The summed E-state index contributed by atoms with van der Waals surface area (Å²) >= 11 is 3.24. The Hall–Kier alpha value is -0.900. The highest BCUT2D eigenvalue weighted by atomic mass is 79.9. The summed E-state index contributed by atoms with van der Waals surface area (Å²) in [6.45, 7) is 3.42. The van der Waals surface area contributed by atoms with Gasteiger partial charge in [0.1, 0.15) is 5.82 Å². The van der Waals surface area contributed by atoms with Crippen LogP contribution in [0.4, 0.5) is 4.39 Å². The van der Waals surface area contributed by atoms with E-state index in [1.807, 2.05) is 0 Å². The lowest BCUT2D eigenvalue weighted by Crippen LogP contribution is -2.04. The van der Waals surface area contributed by atoms with Crippen LogP contribution in [-0.4, -0.2) is 11.1 Å². The largest absolute Gasteiger partial charge is 0.481 e. The fraction of sp³-hybridized carbons (Fsp3) is 0.300. The molecule has 0 amide bonds. The smallest absolute Gasteiger partial charge is 0.307 e. The second-order valence-corrected chi connectivity index (χ2v) is 3.95. The summed E-state index contributed by atoms with van der Waals surface area (Å²) in [5.41, 5.74) is 1.80. The lowest BCUT2D eigenvalue weighted by molar-refractivity contribution is -0.136. The van der Waals surface area contributed by atoms with E-state index in [2.05, 4.69) is 15.9 Å². The van der Waals surface area contributed by atoms with Gasteiger partial charge in [-0.25, -0.2) is 4.39 Å². The van der Waals surface area contributed by atoms with Crippen molar-refractivity contribution in [1.29, 1.82) is 0 Å². The fourth-order valence-corrected chi connectivity index (χ4v) is 1.69. The zero-order chi connectivity index (χ0) is 10.9. The van der Waals surface area contributed by atoms with Gasteiger partial charge in [0.15, 0.2) is 0 Å². The van der Waals surface area contributed by atoms with Crippen molar-refractivity contribution in [3.8, 4) is 0 Å². The molecule has 0 aromatic heterocycles. The maximum atomic E-state index is 13.2. The number of benzene rings is 1. The van der Waals surface area contributed by atoms with E-state index in [1.54, 1.807) is 13.8 Å². The Kier molecular flexibility index (Phi) is 3.26. The molecule has 0 aliphatic carbocycles. The third-order valence-electron chi connectivity index (χ3n) is 2.14. The number of carboxylic acid groups (broad SMARTS) is 1. The Labute approximate surface area is 89.9 Å². The molecule has 0 unspecified atom stereocenters. The number of halogens is 2. The molecule has 0 aliphatic rings. The molecule has 0 heterocycles. The Morgan fingerprint density at radius 1 is 1.50 bits per heavy atom. The molecule has 0 radical (unpaired) electrons. The SMILES string of the molecule is Cc1c(F)cc(CC(=O)O)c(C)c1Br. The first-order valence-corrected chi connectivity index (χ1v) is 4.88. The molecule has 1 aromatic carbocycles. The van der Waals surface area contributed by atoms with Crippen LogP contribution in [0.15, 0.2) is 10.5 Å². The van der Waals surface area contributed by atoms with Gasteiger partial charge in [-0.2, -0.15) is 0 Å². The van der Waals surface area contributed by atoms with Crippen LogP contribution >= 0.6 is 15.9 Å². The summed E-state index contributed by atoms with van der Waals surface area (Å²) < 4.78 is 13.9. The molecule has 0 bridgehead atoms. The molecule has 0 aliphatic heterocycles. The van der Waals surface area contributed by atoms with Crippen molar-refractivity contribution in [3.63, 3.8) is 0 Å². The van der Waals surface area contributed by atoms with Gasteiger partial charge in [0, 0.05) is 4.47 Å². The average Bonchev–Trinajstić information content (AvgIpc) is 2.10. The molecule has 0 saturated heterocycles. The van der Waals surface area contributed by atoms with Crippen LogP contribution in [-0.2, 0) is 11.2 Å². The normalized spacial score (nSPS) is 10.3. The van der Waals surface area contributed by atoms with Crippen LogP contribution in [0.1, 0.15) is 16.7 Å². The second-order valence-electron chi connectivity index (χ2n) is 3.15. The number of carbonyl (C=O) groups is 1. The van der Waals surface area contributed by atoms with E-state index in [9.17, 15) is 9.18 Å². The van der Waals surface area contributed by atoms with Crippen LogP contribution in [0.25, 0.3) is 0 Å². The standard InChI is InChI=1S/C10H10BrFO2/c1-5-7(4-9(13)14)3-8(12)6(2)10(5)11/h3H,4H2,1-2H3,(H,13,14). The Morgan fingerprint density at radius 3 is 2.57 bits per heavy atom. The maximum Gasteiger partial charge on any atom is 0.307 e. The molecular formula is C10H10BrFO2. The Bertz CT molecular complexity index is 388. The zero-order valence-electron chi connectivity index (χ0n) is 7.90. The van der Waals surface area contributed by atoms with Crippen LogP contribution < -0.4 is 0 Å². The molecule has 76 valence electrons. The number of rotatable bonds is 2. The minimum Gasteiger partial charge on any atom is -0.481 e. The summed E-state index contributed by atoms with van der Waals surface area (Å²) in [5, 5.41) is 8.60. The summed E-state index contributed by atoms with van der Waals surface area (Å²) in [6.07, 6.45) is -0.151. The molecule has 0 saturated carbocycles. The van der Waals surface area contributed by atoms with E-state index in [4.69, 9.17) is 5.11 Å². The molecule has 1 rings (SSSR count). The molecule has 0 spiro atoms. The van der Waals surface area contributed by atoms with Gasteiger partial charge in [-0.05, 0) is 36.6 Å². The molecule has 4 heteroatoms. The molecule has 0 atom stereocenters.